The van der Waals surface area contributed by atoms with Crippen LogP contribution in [0.2, 0.25) is 0 Å². The summed E-state index contributed by atoms with van der Waals surface area (Å²) in [4.78, 5) is 0. The molecule has 0 unspecified atom stereocenters. The van der Waals surface area contributed by atoms with Crippen LogP contribution >= 0.6 is 15.9 Å². The minimum atomic E-state index is 0.880. The molecule has 0 saturated heterocycles. The van der Waals surface area contributed by atoms with E-state index in [4.69, 9.17) is 4.74 Å². The molecule has 100 valence electrons. The molecule has 0 aromatic heterocycles. The van der Waals surface area contributed by atoms with Crippen LogP contribution in [0.15, 0.2) is 53.0 Å². The average molecular weight is 320 g/mol. The van der Waals surface area contributed by atoms with E-state index >= 15 is 0 Å². The molecular weight excluding hydrogens is 302 g/mol. The van der Waals surface area contributed by atoms with Crippen molar-refractivity contribution in [2.45, 2.75) is 13.0 Å². The molecule has 0 saturated carbocycles. The summed E-state index contributed by atoms with van der Waals surface area (Å²) >= 11 is 3.56. The van der Waals surface area contributed by atoms with Gasteiger partial charge in [-0.25, -0.2) is 0 Å². The van der Waals surface area contributed by atoms with Gasteiger partial charge >= 0.3 is 0 Å². The average Bonchev–Trinajstić information content (AvgIpc) is 2.45. The van der Waals surface area contributed by atoms with Gasteiger partial charge in [0.25, 0.3) is 0 Å². The van der Waals surface area contributed by atoms with E-state index in [1.807, 2.05) is 18.2 Å². The fourth-order valence-corrected chi connectivity index (χ4v) is 2.35. The quantitative estimate of drug-likeness (QED) is 0.818. The Hall–Kier alpha value is -1.32. The third kappa shape index (κ3) is 4.37. The van der Waals surface area contributed by atoms with Gasteiger partial charge in [0.15, 0.2) is 0 Å². The SMILES string of the molecule is COc1cccc(CCNCc2ccccc2Br)c1. The predicted molar refractivity (Wildman–Crippen MR) is 82.5 cm³/mol. The molecule has 0 amide bonds. The van der Waals surface area contributed by atoms with Crippen LogP contribution < -0.4 is 10.1 Å². The van der Waals surface area contributed by atoms with Crippen LogP contribution in [0, 0.1) is 0 Å². The molecule has 3 heteroatoms. The van der Waals surface area contributed by atoms with E-state index < -0.39 is 0 Å². The minimum Gasteiger partial charge on any atom is -0.497 e. The molecule has 0 heterocycles. The molecule has 0 bridgehead atoms. The molecule has 0 aliphatic heterocycles. The summed E-state index contributed by atoms with van der Waals surface area (Å²) in [6.45, 7) is 1.83. The van der Waals surface area contributed by atoms with Gasteiger partial charge in [0.05, 0.1) is 7.11 Å². The van der Waals surface area contributed by atoms with E-state index in [2.05, 4.69) is 51.6 Å². The Kier molecular flexibility index (Phi) is 5.43. The lowest BCUT2D eigenvalue weighted by molar-refractivity contribution is 0.414. The highest BCUT2D eigenvalue weighted by Crippen LogP contribution is 2.15. The molecule has 0 atom stereocenters. The molecule has 0 spiro atoms. The number of hydrogen-bond donors (Lipinski definition) is 1. The van der Waals surface area contributed by atoms with Crippen molar-refractivity contribution in [3.63, 3.8) is 0 Å². The summed E-state index contributed by atoms with van der Waals surface area (Å²) in [6.07, 6.45) is 1.00. The lowest BCUT2D eigenvalue weighted by atomic mass is 10.1. The first-order valence-corrected chi connectivity index (χ1v) is 7.16. The fraction of sp³-hybridized carbons (Fsp3) is 0.250. The van der Waals surface area contributed by atoms with E-state index in [0.717, 1.165) is 29.7 Å². The summed E-state index contributed by atoms with van der Waals surface area (Å²) in [7, 11) is 1.70. The van der Waals surface area contributed by atoms with E-state index in [1.54, 1.807) is 7.11 Å². The third-order valence-corrected chi connectivity index (χ3v) is 3.77. The van der Waals surface area contributed by atoms with Gasteiger partial charge in [-0.3, -0.25) is 0 Å². The number of ether oxygens (including phenoxy) is 1. The molecule has 0 aliphatic rings. The normalized spacial score (nSPS) is 10.4. The second kappa shape index (κ2) is 7.31. The Balaban J connectivity index is 1.79. The van der Waals surface area contributed by atoms with E-state index in [9.17, 15) is 0 Å². The van der Waals surface area contributed by atoms with E-state index in [-0.39, 0.29) is 0 Å². The second-order valence-electron chi connectivity index (χ2n) is 4.37. The Morgan fingerprint density at radius 2 is 1.95 bits per heavy atom. The summed E-state index contributed by atoms with van der Waals surface area (Å²) in [5.41, 5.74) is 2.58. The van der Waals surface area contributed by atoms with Crippen molar-refractivity contribution in [3.8, 4) is 5.75 Å². The molecule has 0 radical (unpaired) electrons. The summed E-state index contributed by atoms with van der Waals surface area (Å²) < 4.78 is 6.38. The number of nitrogens with one attached hydrogen (secondary N) is 1. The van der Waals surface area contributed by atoms with Crippen molar-refractivity contribution in [2.24, 2.45) is 0 Å². The molecule has 2 aromatic carbocycles. The van der Waals surface area contributed by atoms with Crippen molar-refractivity contribution in [2.75, 3.05) is 13.7 Å². The fourth-order valence-electron chi connectivity index (χ4n) is 1.93. The maximum absolute atomic E-state index is 5.22. The highest BCUT2D eigenvalue weighted by molar-refractivity contribution is 9.10. The first-order valence-electron chi connectivity index (χ1n) is 6.36. The molecule has 2 rings (SSSR count). The molecule has 2 nitrogen and oxygen atoms in total. The standard InChI is InChI=1S/C16H18BrNO/c1-19-15-7-4-5-13(11-15)9-10-18-12-14-6-2-3-8-16(14)17/h2-8,11,18H,9-10,12H2,1H3. The minimum absolute atomic E-state index is 0.880. The van der Waals surface area contributed by atoms with Crippen molar-refractivity contribution in [1.82, 2.24) is 5.32 Å². The maximum atomic E-state index is 5.22. The first kappa shape index (κ1) is 14.1. The zero-order valence-electron chi connectivity index (χ0n) is 11.0. The Bertz CT molecular complexity index is 528. The molecule has 0 aliphatic carbocycles. The van der Waals surface area contributed by atoms with Crippen LogP contribution in [0.25, 0.3) is 0 Å². The zero-order chi connectivity index (χ0) is 13.5. The summed E-state index contributed by atoms with van der Waals surface area (Å²) in [5.74, 6) is 0.920. The highest BCUT2D eigenvalue weighted by Gasteiger charge is 1.99. The van der Waals surface area contributed by atoms with E-state index in [0.29, 0.717) is 0 Å². The Labute approximate surface area is 122 Å². The Morgan fingerprint density at radius 1 is 1.11 bits per heavy atom. The topological polar surface area (TPSA) is 21.3 Å². The molecule has 19 heavy (non-hydrogen) atoms. The van der Waals surface area contributed by atoms with Gasteiger partial charge in [-0.1, -0.05) is 46.3 Å². The second-order valence-corrected chi connectivity index (χ2v) is 5.22. The molecule has 1 N–H and O–H groups in total. The number of benzene rings is 2. The number of halogens is 1. The van der Waals surface area contributed by atoms with Crippen LogP contribution in [0.3, 0.4) is 0 Å². The number of hydrogen-bond acceptors (Lipinski definition) is 2. The van der Waals surface area contributed by atoms with Gasteiger partial charge in [0, 0.05) is 11.0 Å². The largest absolute Gasteiger partial charge is 0.497 e. The lowest BCUT2D eigenvalue weighted by Crippen LogP contribution is -2.16. The van der Waals surface area contributed by atoms with Gasteiger partial charge in [0.1, 0.15) is 5.75 Å². The Morgan fingerprint density at radius 3 is 2.74 bits per heavy atom. The van der Waals surface area contributed by atoms with Crippen molar-refractivity contribution >= 4 is 15.9 Å². The lowest BCUT2D eigenvalue weighted by Gasteiger charge is -2.07. The van der Waals surface area contributed by atoms with Gasteiger partial charge in [-0.15, -0.1) is 0 Å². The highest BCUT2D eigenvalue weighted by atomic mass is 79.9. The summed E-state index contributed by atoms with van der Waals surface area (Å²) in [5, 5.41) is 3.46. The first-order chi connectivity index (χ1) is 9.29. The number of methoxy groups -OCH3 is 1. The van der Waals surface area contributed by atoms with Crippen molar-refractivity contribution < 1.29 is 4.74 Å². The van der Waals surface area contributed by atoms with Crippen LogP contribution in [0.1, 0.15) is 11.1 Å². The van der Waals surface area contributed by atoms with Gasteiger partial charge < -0.3 is 10.1 Å². The van der Waals surface area contributed by atoms with Crippen molar-refractivity contribution in [3.05, 3.63) is 64.1 Å². The maximum Gasteiger partial charge on any atom is 0.119 e. The monoisotopic (exact) mass is 319 g/mol. The van der Waals surface area contributed by atoms with Crippen LogP contribution in [-0.4, -0.2) is 13.7 Å². The molecule has 0 fully saturated rings. The van der Waals surface area contributed by atoms with Crippen LogP contribution in [0.5, 0.6) is 5.75 Å². The molecule has 2 aromatic rings. The van der Waals surface area contributed by atoms with Gasteiger partial charge in [-0.2, -0.15) is 0 Å². The van der Waals surface area contributed by atoms with E-state index in [1.165, 1.54) is 11.1 Å². The van der Waals surface area contributed by atoms with Crippen LogP contribution in [-0.2, 0) is 13.0 Å². The van der Waals surface area contributed by atoms with Crippen molar-refractivity contribution in [1.29, 1.82) is 0 Å². The van der Waals surface area contributed by atoms with Gasteiger partial charge in [0.2, 0.25) is 0 Å². The molecular formula is C16H18BrNO. The number of rotatable bonds is 6. The third-order valence-electron chi connectivity index (χ3n) is 3.00. The predicted octanol–water partition coefficient (Wildman–Crippen LogP) is 3.79. The van der Waals surface area contributed by atoms with Crippen LogP contribution in [0.4, 0.5) is 0 Å². The smallest absolute Gasteiger partial charge is 0.119 e. The van der Waals surface area contributed by atoms with Gasteiger partial charge in [-0.05, 0) is 42.3 Å². The summed E-state index contributed by atoms with van der Waals surface area (Å²) in [6, 6.07) is 16.5. The zero-order valence-corrected chi connectivity index (χ0v) is 12.6.